The van der Waals surface area contributed by atoms with Crippen molar-refractivity contribution < 1.29 is 4.79 Å². The molecule has 25 heavy (non-hydrogen) atoms. The zero-order valence-electron chi connectivity index (χ0n) is 15.7. The molecular weight excluding hydrogens is 312 g/mol. The van der Waals surface area contributed by atoms with Crippen LogP contribution in [0.3, 0.4) is 0 Å². The normalized spacial score (nSPS) is 14.9. The number of nitrogens with one attached hydrogen (secondary N) is 2. The summed E-state index contributed by atoms with van der Waals surface area (Å²) in [5, 5.41) is 6.67. The molecule has 1 aromatic carbocycles. The van der Waals surface area contributed by atoms with E-state index in [0.717, 1.165) is 38.6 Å². The Balaban J connectivity index is 1.84. The number of hydrogen-bond acceptors (Lipinski definition) is 2. The number of guanidine groups is 1. The Morgan fingerprint density at radius 1 is 1.12 bits per heavy atom. The molecule has 0 saturated carbocycles. The van der Waals surface area contributed by atoms with Crippen molar-refractivity contribution >= 4 is 11.9 Å². The van der Waals surface area contributed by atoms with Crippen LogP contribution in [0.4, 0.5) is 0 Å². The first kappa shape index (κ1) is 19.3. The van der Waals surface area contributed by atoms with Crippen LogP contribution in [0.5, 0.6) is 0 Å². The van der Waals surface area contributed by atoms with Gasteiger partial charge in [0, 0.05) is 32.6 Å². The SMILES string of the molecule is CCCCCNC(=NCc1ccc(CN2CCCC2=O)cc1)NCC. The topological polar surface area (TPSA) is 56.7 Å². The van der Waals surface area contributed by atoms with Gasteiger partial charge in [-0.25, -0.2) is 4.99 Å². The van der Waals surface area contributed by atoms with Gasteiger partial charge in [0.1, 0.15) is 0 Å². The second kappa shape index (κ2) is 10.7. The third-order valence-corrected chi connectivity index (χ3v) is 4.40. The van der Waals surface area contributed by atoms with Crippen LogP contribution in [0.15, 0.2) is 29.3 Å². The number of benzene rings is 1. The highest BCUT2D eigenvalue weighted by molar-refractivity contribution is 5.79. The predicted molar refractivity (Wildman–Crippen MR) is 103 cm³/mol. The Bertz CT molecular complexity index is 553. The van der Waals surface area contributed by atoms with E-state index in [2.05, 4.69) is 53.7 Å². The highest BCUT2D eigenvalue weighted by Crippen LogP contribution is 2.15. The monoisotopic (exact) mass is 344 g/mol. The van der Waals surface area contributed by atoms with Crippen LogP contribution in [0.25, 0.3) is 0 Å². The van der Waals surface area contributed by atoms with Gasteiger partial charge in [-0.1, -0.05) is 44.0 Å². The van der Waals surface area contributed by atoms with Gasteiger partial charge in [0.2, 0.25) is 5.91 Å². The number of amides is 1. The first-order chi connectivity index (χ1) is 12.2. The van der Waals surface area contributed by atoms with E-state index in [1.807, 2.05) is 4.90 Å². The van der Waals surface area contributed by atoms with Gasteiger partial charge in [-0.2, -0.15) is 0 Å². The average Bonchev–Trinajstić information content (AvgIpc) is 3.02. The van der Waals surface area contributed by atoms with Crippen LogP contribution >= 0.6 is 0 Å². The highest BCUT2D eigenvalue weighted by atomic mass is 16.2. The van der Waals surface area contributed by atoms with Crippen molar-refractivity contribution in [3.8, 4) is 0 Å². The number of aliphatic imine (C=N–C) groups is 1. The van der Waals surface area contributed by atoms with E-state index >= 15 is 0 Å². The second-order valence-corrected chi connectivity index (χ2v) is 6.56. The van der Waals surface area contributed by atoms with Crippen molar-refractivity contribution in [1.29, 1.82) is 0 Å². The molecule has 5 heteroatoms. The molecule has 1 amide bonds. The first-order valence-corrected chi connectivity index (χ1v) is 9.60. The van der Waals surface area contributed by atoms with Crippen molar-refractivity contribution in [1.82, 2.24) is 15.5 Å². The van der Waals surface area contributed by atoms with Gasteiger partial charge in [0.25, 0.3) is 0 Å². The van der Waals surface area contributed by atoms with Gasteiger partial charge < -0.3 is 15.5 Å². The zero-order valence-corrected chi connectivity index (χ0v) is 15.7. The van der Waals surface area contributed by atoms with Crippen molar-refractivity contribution in [3.05, 3.63) is 35.4 Å². The molecule has 1 saturated heterocycles. The molecule has 1 heterocycles. The second-order valence-electron chi connectivity index (χ2n) is 6.56. The van der Waals surface area contributed by atoms with Crippen LogP contribution in [0, 0.1) is 0 Å². The Morgan fingerprint density at radius 3 is 2.52 bits per heavy atom. The number of carbonyl (C=O) groups is 1. The van der Waals surface area contributed by atoms with Crippen LogP contribution in [0.1, 0.15) is 57.1 Å². The minimum absolute atomic E-state index is 0.276. The van der Waals surface area contributed by atoms with Gasteiger partial charge in [-0.05, 0) is 30.9 Å². The quantitative estimate of drug-likeness (QED) is 0.411. The molecule has 1 aromatic rings. The molecule has 0 aliphatic carbocycles. The molecule has 0 radical (unpaired) electrons. The zero-order chi connectivity index (χ0) is 17.9. The number of carbonyl (C=O) groups excluding carboxylic acids is 1. The van der Waals surface area contributed by atoms with Gasteiger partial charge >= 0.3 is 0 Å². The maximum atomic E-state index is 11.7. The molecule has 1 fully saturated rings. The standard InChI is InChI=1S/C20H32N4O/c1-3-5-6-13-22-20(21-4-2)23-15-17-9-11-18(12-10-17)16-24-14-7-8-19(24)25/h9-12H,3-8,13-16H2,1-2H3,(H2,21,22,23). The summed E-state index contributed by atoms with van der Waals surface area (Å²) < 4.78 is 0. The van der Waals surface area contributed by atoms with Crippen molar-refractivity contribution in [2.45, 2.75) is 59.0 Å². The van der Waals surface area contributed by atoms with E-state index in [-0.39, 0.29) is 5.91 Å². The van der Waals surface area contributed by atoms with E-state index < -0.39 is 0 Å². The lowest BCUT2D eigenvalue weighted by Gasteiger charge is -2.15. The predicted octanol–water partition coefficient (Wildman–Crippen LogP) is 3.05. The molecule has 2 rings (SSSR count). The first-order valence-electron chi connectivity index (χ1n) is 9.60. The minimum atomic E-state index is 0.276. The molecule has 138 valence electrons. The van der Waals surface area contributed by atoms with Gasteiger partial charge in [-0.15, -0.1) is 0 Å². The molecule has 0 bridgehead atoms. The summed E-state index contributed by atoms with van der Waals surface area (Å²) >= 11 is 0. The third kappa shape index (κ3) is 6.77. The molecular formula is C20H32N4O. The largest absolute Gasteiger partial charge is 0.357 e. The summed E-state index contributed by atoms with van der Waals surface area (Å²) in [5.41, 5.74) is 2.37. The Hall–Kier alpha value is -2.04. The van der Waals surface area contributed by atoms with E-state index in [1.54, 1.807) is 0 Å². The number of nitrogens with zero attached hydrogens (tertiary/aromatic N) is 2. The Labute approximate surface area is 151 Å². The molecule has 1 aliphatic heterocycles. The summed E-state index contributed by atoms with van der Waals surface area (Å²) in [4.78, 5) is 18.3. The molecule has 0 atom stereocenters. The van der Waals surface area contributed by atoms with E-state index in [0.29, 0.717) is 13.0 Å². The van der Waals surface area contributed by atoms with Gasteiger partial charge in [-0.3, -0.25) is 4.79 Å². The van der Waals surface area contributed by atoms with E-state index in [9.17, 15) is 4.79 Å². The summed E-state index contributed by atoms with van der Waals surface area (Å²) in [6.07, 6.45) is 5.33. The summed E-state index contributed by atoms with van der Waals surface area (Å²) in [7, 11) is 0. The van der Waals surface area contributed by atoms with Gasteiger partial charge in [0.05, 0.1) is 6.54 Å². The molecule has 0 aromatic heterocycles. The molecule has 1 aliphatic rings. The maximum Gasteiger partial charge on any atom is 0.222 e. The van der Waals surface area contributed by atoms with Crippen molar-refractivity contribution in [2.24, 2.45) is 4.99 Å². The number of likely N-dealkylation sites (tertiary alicyclic amines) is 1. The third-order valence-electron chi connectivity index (χ3n) is 4.40. The number of unbranched alkanes of at least 4 members (excludes halogenated alkanes) is 2. The maximum absolute atomic E-state index is 11.7. The van der Waals surface area contributed by atoms with Crippen LogP contribution in [-0.4, -0.2) is 36.4 Å². The minimum Gasteiger partial charge on any atom is -0.357 e. The lowest BCUT2D eigenvalue weighted by Crippen LogP contribution is -2.37. The van der Waals surface area contributed by atoms with E-state index in [4.69, 9.17) is 0 Å². The fraction of sp³-hybridized carbons (Fsp3) is 0.600. The molecule has 2 N–H and O–H groups in total. The lowest BCUT2D eigenvalue weighted by atomic mass is 10.1. The highest BCUT2D eigenvalue weighted by Gasteiger charge is 2.19. The van der Waals surface area contributed by atoms with Crippen LogP contribution in [-0.2, 0) is 17.9 Å². The van der Waals surface area contributed by atoms with Crippen LogP contribution < -0.4 is 10.6 Å². The Kier molecular flexibility index (Phi) is 8.29. The number of rotatable bonds is 9. The summed E-state index contributed by atoms with van der Waals surface area (Å²) in [6.45, 7) is 8.39. The van der Waals surface area contributed by atoms with Crippen LogP contribution in [0.2, 0.25) is 0 Å². The summed E-state index contributed by atoms with van der Waals surface area (Å²) in [6, 6.07) is 8.44. The molecule has 5 nitrogen and oxygen atoms in total. The molecule has 0 unspecified atom stereocenters. The van der Waals surface area contributed by atoms with Crippen molar-refractivity contribution in [3.63, 3.8) is 0 Å². The van der Waals surface area contributed by atoms with E-state index in [1.165, 1.54) is 30.4 Å². The molecule has 0 spiro atoms. The van der Waals surface area contributed by atoms with Gasteiger partial charge in [0.15, 0.2) is 5.96 Å². The fourth-order valence-electron chi connectivity index (χ4n) is 2.94. The smallest absolute Gasteiger partial charge is 0.222 e. The Morgan fingerprint density at radius 2 is 1.88 bits per heavy atom. The summed E-state index contributed by atoms with van der Waals surface area (Å²) in [5.74, 6) is 1.16. The lowest BCUT2D eigenvalue weighted by molar-refractivity contribution is -0.128. The number of hydrogen-bond donors (Lipinski definition) is 2. The fourth-order valence-corrected chi connectivity index (χ4v) is 2.94. The average molecular weight is 345 g/mol. The van der Waals surface area contributed by atoms with Crippen molar-refractivity contribution in [2.75, 3.05) is 19.6 Å².